The van der Waals surface area contributed by atoms with Gasteiger partial charge in [-0.3, -0.25) is 0 Å². The molecule has 4 aliphatic carbocycles. The molecule has 3 nitrogen and oxygen atoms in total. The van der Waals surface area contributed by atoms with Crippen molar-refractivity contribution in [1.82, 2.24) is 5.32 Å². The van der Waals surface area contributed by atoms with Crippen molar-refractivity contribution in [3.8, 4) is 0 Å². The number of hydrogen-bond acceptors (Lipinski definition) is 1. The second-order valence-electron chi connectivity index (χ2n) is 9.13. The first-order chi connectivity index (χ1) is 12.6. The summed E-state index contributed by atoms with van der Waals surface area (Å²) in [6, 6.07) is 14.4. The van der Waals surface area contributed by atoms with Crippen LogP contribution in [-0.2, 0) is 0 Å². The Morgan fingerprint density at radius 3 is 2.27 bits per heavy atom. The fourth-order valence-corrected chi connectivity index (χ4v) is 6.55. The third kappa shape index (κ3) is 2.69. The van der Waals surface area contributed by atoms with Crippen molar-refractivity contribution in [2.75, 3.05) is 5.32 Å². The Morgan fingerprint density at radius 2 is 1.58 bits per heavy atom. The van der Waals surface area contributed by atoms with E-state index in [2.05, 4.69) is 35.8 Å². The van der Waals surface area contributed by atoms with Gasteiger partial charge in [-0.1, -0.05) is 36.4 Å². The number of urea groups is 1. The molecule has 4 bridgehead atoms. The Hall–Kier alpha value is -2.03. The summed E-state index contributed by atoms with van der Waals surface area (Å²) in [6.45, 7) is 2.23. The molecule has 0 aromatic heterocycles. The van der Waals surface area contributed by atoms with E-state index in [1.807, 2.05) is 24.3 Å². The Bertz CT molecular complexity index is 802. The van der Waals surface area contributed by atoms with Gasteiger partial charge < -0.3 is 10.6 Å². The predicted molar refractivity (Wildman–Crippen MR) is 106 cm³/mol. The summed E-state index contributed by atoms with van der Waals surface area (Å²) in [5.41, 5.74) is 1.23. The Labute approximate surface area is 155 Å². The van der Waals surface area contributed by atoms with Gasteiger partial charge in [0.05, 0.1) is 5.69 Å². The van der Waals surface area contributed by atoms with Crippen molar-refractivity contribution >= 4 is 22.5 Å². The van der Waals surface area contributed by atoms with Crippen LogP contribution < -0.4 is 10.6 Å². The van der Waals surface area contributed by atoms with Gasteiger partial charge in [0.25, 0.3) is 0 Å². The van der Waals surface area contributed by atoms with Crippen LogP contribution in [0, 0.1) is 23.2 Å². The van der Waals surface area contributed by atoms with Crippen LogP contribution in [0.3, 0.4) is 0 Å². The van der Waals surface area contributed by atoms with E-state index in [0.717, 1.165) is 34.2 Å². The molecule has 2 N–H and O–H groups in total. The molecule has 0 saturated heterocycles. The summed E-state index contributed by atoms with van der Waals surface area (Å²) in [7, 11) is 0. The highest BCUT2D eigenvalue weighted by atomic mass is 16.2. The molecule has 4 fully saturated rings. The molecule has 4 aliphatic rings. The lowest BCUT2D eigenvalue weighted by atomic mass is 9.48. The number of hydrogen-bond donors (Lipinski definition) is 2. The minimum atomic E-state index is -0.0652. The maximum absolute atomic E-state index is 12.7. The minimum Gasteiger partial charge on any atom is -0.335 e. The van der Waals surface area contributed by atoms with Crippen molar-refractivity contribution in [3.05, 3.63) is 42.5 Å². The average Bonchev–Trinajstić information content (AvgIpc) is 2.61. The van der Waals surface area contributed by atoms with Gasteiger partial charge >= 0.3 is 6.03 Å². The van der Waals surface area contributed by atoms with Crippen LogP contribution in [0.2, 0.25) is 0 Å². The molecule has 3 heteroatoms. The monoisotopic (exact) mass is 348 g/mol. The van der Waals surface area contributed by atoms with Crippen LogP contribution in [0.4, 0.5) is 10.5 Å². The van der Waals surface area contributed by atoms with Gasteiger partial charge in [-0.05, 0) is 80.1 Å². The fraction of sp³-hybridized carbons (Fsp3) is 0.522. The largest absolute Gasteiger partial charge is 0.335 e. The van der Waals surface area contributed by atoms with E-state index in [1.165, 1.54) is 38.5 Å². The topological polar surface area (TPSA) is 41.1 Å². The zero-order valence-corrected chi connectivity index (χ0v) is 15.5. The Balaban J connectivity index is 1.31. The van der Waals surface area contributed by atoms with E-state index in [4.69, 9.17) is 0 Å². The summed E-state index contributed by atoms with van der Waals surface area (Å²) in [4.78, 5) is 12.7. The lowest BCUT2D eigenvalue weighted by Gasteiger charge is -2.59. The second kappa shape index (κ2) is 6.00. The number of carbonyl (C=O) groups excluding carboxylic acids is 1. The summed E-state index contributed by atoms with van der Waals surface area (Å²) in [5.74, 6) is 2.73. The minimum absolute atomic E-state index is 0.0652. The molecule has 26 heavy (non-hydrogen) atoms. The van der Waals surface area contributed by atoms with Gasteiger partial charge in [-0.15, -0.1) is 0 Å². The number of rotatable bonds is 3. The molecule has 2 aromatic carbocycles. The molecule has 136 valence electrons. The highest BCUT2D eigenvalue weighted by molar-refractivity contribution is 6.01. The van der Waals surface area contributed by atoms with E-state index in [-0.39, 0.29) is 12.1 Å². The average molecular weight is 348 g/mol. The number of benzene rings is 2. The van der Waals surface area contributed by atoms with Gasteiger partial charge in [0.2, 0.25) is 0 Å². The van der Waals surface area contributed by atoms with E-state index in [0.29, 0.717) is 5.41 Å². The van der Waals surface area contributed by atoms with E-state index in [1.54, 1.807) is 0 Å². The van der Waals surface area contributed by atoms with E-state index in [9.17, 15) is 4.79 Å². The first-order valence-corrected chi connectivity index (χ1v) is 10.2. The van der Waals surface area contributed by atoms with Crippen LogP contribution in [0.25, 0.3) is 10.8 Å². The highest BCUT2D eigenvalue weighted by Crippen LogP contribution is 2.61. The van der Waals surface area contributed by atoms with Crippen LogP contribution in [0.5, 0.6) is 0 Å². The Kier molecular flexibility index (Phi) is 3.73. The van der Waals surface area contributed by atoms with Crippen LogP contribution >= 0.6 is 0 Å². The van der Waals surface area contributed by atoms with E-state index >= 15 is 0 Å². The van der Waals surface area contributed by atoms with Gasteiger partial charge in [-0.25, -0.2) is 4.79 Å². The van der Waals surface area contributed by atoms with Crippen LogP contribution in [-0.4, -0.2) is 12.1 Å². The quantitative estimate of drug-likeness (QED) is 0.748. The van der Waals surface area contributed by atoms with Crippen molar-refractivity contribution in [2.24, 2.45) is 23.2 Å². The number of amides is 2. The fourth-order valence-electron chi connectivity index (χ4n) is 6.55. The molecule has 0 aliphatic heterocycles. The summed E-state index contributed by atoms with van der Waals surface area (Å²) < 4.78 is 0. The molecular formula is C23H28N2O. The van der Waals surface area contributed by atoms with Crippen molar-refractivity contribution in [2.45, 2.75) is 51.5 Å². The SMILES string of the molecule is C[C@H](NC(=O)Nc1cccc2ccccc12)C12CC3CC(CC(C3)C1)C2. The molecule has 1 atom stereocenters. The lowest BCUT2D eigenvalue weighted by Crippen LogP contribution is -2.56. The van der Waals surface area contributed by atoms with Gasteiger partial charge in [0.1, 0.15) is 0 Å². The van der Waals surface area contributed by atoms with E-state index < -0.39 is 0 Å². The third-order valence-electron chi connectivity index (χ3n) is 7.39. The van der Waals surface area contributed by atoms with Crippen molar-refractivity contribution < 1.29 is 4.79 Å². The molecule has 2 aromatic rings. The number of nitrogens with one attached hydrogen (secondary N) is 2. The molecule has 6 rings (SSSR count). The zero-order valence-electron chi connectivity index (χ0n) is 15.5. The molecule has 4 saturated carbocycles. The molecule has 0 heterocycles. The zero-order chi connectivity index (χ0) is 17.7. The van der Waals surface area contributed by atoms with Gasteiger partial charge in [0.15, 0.2) is 0 Å². The normalized spacial score (nSPS) is 33.2. The van der Waals surface area contributed by atoms with Crippen molar-refractivity contribution in [3.63, 3.8) is 0 Å². The third-order valence-corrected chi connectivity index (χ3v) is 7.39. The van der Waals surface area contributed by atoms with Gasteiger partial charge in [-0.2, -0.15) is 0 Å². The first-order valence-electron chi connectivity index (χ1n) is 10.2. The molecule has 2 amide bonds. The lowest BCUT2D eigenvalue weighted by molar-refractivity contribution is -0.0679. The molecular weight excluding hydrogens is 320 g/mol. The molecule has 0 radical (unpaired) electrons. The number of carbonyl (C=O) groups is 1. The maximum atomic E-state index is 12.7. The van der Waals surface area contributed by atoms with Crippen LogP contribution in [0.15, 0.2) is 42.5 Å². The summed E-state index contributed by atoms with van der Waals surface area (Å²) >= 11 is 0. The standard InChI is InChI=1S/C23H28N2O/c1-15(23-12-16-9-17(13-23)11-18(10-16)14-23)24-22(26)25-21-8-4-6-19-5-2-3-7-20(19)21/h2-8,15-18H,9-14H2,1H3,(H2,24,25,26)/t15-,16?,17?,18?,23?/m0/s1. The Morgan fingerprint density at radius 1 is 0.962 bits per heavy atom. The maximum Gasteiger partial charge on any atom is 0.319 e. The second-order valence-corrected chi connectivity index (χ2v) is 9.13. The summed E-state index contributed by atoms with van der Waals surface area (Å²) in [5, 5.41) is 8.64. The molecule has 0 spiro atoms. The number of anilines is 1. The highest BCUT2D eigenvalue weighted by Gasteiger charge is 2.53. The van der Waals surface area contributed by atoms with Gasteiger partial charge in [0, 0.05) is 11.4 Å². The molecule has 0 unspecified atom stereocenters. The number of fused-ring (bicyclic) bond motifs is 1. The first kappa shape index (κ1) is 16.2. The smallest absolute Gasteiger partial charge is 0.319 e. The summed E-state index contributed by atoms with van der Waals surface area (Å²) in [6.07, 6.45) is 8.26. The predicted octanol–water partition coefficient (Wildman–Crippen LogP) is 5.57. The van der Waals surface area contributed by atoms with Crippen LogP contribution in [0.1, 0.15) is 45.4 Å². The van der Waals surface area contributed by atoms with Crippen molar-refractivity contribution in [1.29, 1.82) is 0 Å².